The first kappa shape index (κ1) is 28.8. The molecular weight excluding hydrogens is 641 g/mol. The summed E-state index contributed by atoms with van der Waals surface area (Å²) in [6.07, 6.45) is 0. The van der Waals surface area contributed by atoms with Crippen LogP contribution in [0.5, 0.6) is 0 Å². The van der Waals surface area contributed by atoms with E-state index in [1.54, 1.807) is 0 Å². The molecule has 8 aromatic carbocycles. The normalized spacial score (nSPS) is 13.4. The van der Waals surface area contributed by atoms with Gasteiger partial charge in [0.15, 0.2) is 0 Å². The van der Waals surface area contributed by atoms with Crippen molar-refractivity contribution in [2.45, 2.75) is 5.41 Å². The summed E-state index contributed by atoms with van der Waals surface area (Å²) in [5.74, 6) is 0. The van der Waals surface area contributed by atoms with E-state index in [-0.39, 0.29) is 0 Å². The first-order chi connectivity index (χ1) is 26.3. The zero-order valence-electron chi connectivity index (χ0n) is 28.7. The van der Waals surface area contributed by atoms with Crippen LogP contribution in [0.25, 0.3) is 88.1 Å². The second-order valence-corrected chi connectivity index (χ2v) is 14.4. The standard InChI is InChI=1S/C51H30N2/c1-3-13-35-31(11-1)21-23-33-25-29-45(52-49(33)35)41-28-27-40-39-17-7-10-20-44(39)51(42-18-8-5-15-37(42)38-16-6-9-19-43(38)51)48(40)47(41)46-30-26-34-24-22-32-12-2-4-14-36(32)50(34)53-46/h1-30H. The molecule has 2 aliphatic carbocycles. The van der Waals surface area contributed by atoms with Gasteiger partial charge in [-0.25, -0.2) is 9.97 Å². The van der Waals surface area contributed by atoms with Crippen molar-refractivity contribution in [2.75, 3.05) is 0 Å². The van der Waals surface area contributed by atoms with Crippen molar-refractivity contribution in [1.82, 2.24) is 9.97 Å². The third-order valence-corrected chi connectivity index (χ3v) is 11.9. The molecule has 244 valence electrons. The van der Waals surface area contributed by atoms with Gasteiger partial charge in [-0.1, -0.05) is 170 Å². The van der Waals surface area contributed by atoms with Crippen LogP contribution >= 0.6 is 0 Å². The predicted molar refractivity (Wildman–Crippen MR) is 219 cm³/mol. The van der Waals surface area contributed by atoms with Gasteiger partial charge in [-0.3, -0.25) is 0 Å². The topological polar surface area (TPSA) is 25.8 Å². The molecule has 10 aromatic rings. The fourth-order valence-electron chi connectivity index (χ4n) is 9.67. The fraction of sp³-hybridized carbons (Fsp3) is 0.0196. The highest BCUT2D eigenvalue weighted by Gasteiger charge is 2.53. The van der Waals surface area contributed by atoms with Crippen LogP contribution in [0, 0.1) is 0 Å². The number of fused-ring (bicyclic) bond motifs is 16. The van der Waals surface area contributed by atoms with Gasteiger partial charge in [0.1, 0.15) is 0 Å². The molecule has 0 saturated heterocycles. The maximum Gasteiger partial charge on any atom is 0.0787 e. The number of hydrogen-bond acceptors (Lipinski definition) is 2. The highest BCUT2D eigenvalue weighted by molar-refractivity contribution is 6.09. The monoisotopic (exact) mass is 670 g/mol. The summed E-state index contributed by atoms with van der Waals surface area (Å²) in [5, 5.41) is 6.96. The van der Waals surface area contributed by atoms with Crippen LogP contribution in [0.2, 0.25) is 0 Å². The smallest absolute Gasteiger partial charge is 0.0787 e. The Labute approximate surface area is 306 Å². The predicted octanol–water partition coefficient (Wildman–Crippen LogP) is 12.8. The summed E-state index contributed by atoms with van der Waals surface area (Å²) in [5.41, 5.74) is 15.9. The lowest BCUT2D eigenvalue weighted by atomic mass is 9.68. The number of benzene rings is 8. The van der Waals surface area contributed by atoms with Gasteiger partial charge in [0, 0.05) is 32.7 Å². The maximum absolute atomic E-state index is 5.65. The average molecular weight is 671 g/mol. The Kier molecular flexibility index (Phi) is 5.73. The Bertz CT molecular complexity index is 3130. The molecule has 2 aliphatic rings. The molecule has 0 unspecified atom stereocenters. The first-order valence-corrected chi connectivity index (χ1v) is 18.3. The van der Waals surface area contributed by atoms with Gasteiger partial charge in [0.25, 0.3) is 0 Å². The third-order valence-electron chi connectivity index (χ3n) is 11.9. The molecule has 2 aromatic heterocycles. The summed E-state index contributed by atoms with van der Waals surface area (Å²) in [6, 6.07) is 66.5. The Balaban J connectivity index is 1.26. The molecule has 2 heteroatoms. The van der Waals surface area contributed by atoms with Crippen LogP contribution in [0.1, 0.15) is 22.3 Å². The highest BCUT2D eigenvalue weighted by Crippen LogP contribution is 2.65. The summed E-state index contributed by atoms with van der Waals surface area (Å²) < 4.78 is 0. The molecule has 0 atom stereocenters. The second kappa shape index (κ2) is 10.6. The van der Waals surface area contributed by atoms with Gasteiger partial charge in [0.2, 0.25) is 0 Å². The van der Waals surface area contributed by atoms with E-state index in [1.807, 2.05) is 0 Å². The lowest BCUT2D eigenvalue weighted by Gasteiger charge is -2.33. The molecule has 1 spiro atoms. The summed E-state index contributed by atoms with van der Waals surface area (Å²) in [4.78, 5) is 11.2. The summed E-state index contributed by atoms with van der Waals surface area (Å²) >= 11 is 0. The number of hydrogen-bond donors (Lipinski definition) is 0. The molecule has 2 heterocycles. The van der Waals surface area contributed by atoms with E-state index in [9.17, 15) is 0 Å². The van der Waals surface area contributed by atoms with Crippen molar-refractivity contribution in [3.05, 3.63) is 204 Å². The van der Waals surface area contributed by atoms with Gasteiger partial charge < -0.3 is 0 Å². The van der Waals surface area contributed by atoms with Gasteiger partial charge in [-0.2, -0.15) is 0 Å². The van der Waals surface area contributed by atoms with Crippen LogP contribution in [-0.4, -0.2) is 9.97 Å². The van der Waals surface area contributed by atoms with Crippen LogP contribution < -0.4 is 0 Å². The molecule has 2 nitrogen and oxygen atoms in total. The molecular formula is C51H30N2. The second-order valence-electron chi connectivity index (χ2n) is 14.4. The first-order valence-electron chi connectivity index (χ1n) is 18.3. The van der Waals surface area contributed by atoms with E-state index < -0.39 is 5.41 Å². The quantitative estimate of drug-likeness (QED) is 0.171. The van der Waals surface area contributed by atoms with E-state index in [0.717, 1.165) is 55.1 Å². The Morgan fingerprint density at radius 2 is 0.717 bits per heavy atom. The van der Waals surface area contributed by atoms with Gasteiger partial charge in [-0.05, 0) is 67.4 Å². The Hall–Kier alpha value is -6.90. The molecule has 0 aliphatic heterocycles. The molecule has 12 rings (SSSR count). The SMILES string of the molecule is c1ccc2c(c1)-c1ccccc1C21c2ccccc2-c2ccc(-c3ccc4ccc5ccccc5c4n3)c(-c3ccc4ccc5ccccc5c4n3)c21. The number of nitrogens with zero attached hydrogens (tertiary/aromatic N) is 2. The Morgan fingerprint density at radius 1 is 0.302 bits per heavy atom. The van der Waals surface area contributed by atoms with Crippen molar-refractivity contribution >= 4 is 43.4 Å². The minimum atomic E-state index is -0.538. The number of rotatable bonds is 2. The minimum Gasteiger partial charge on any atom is -0.247 e. The van der Waals surface area contributed by atoms with Crippen molar-refractivity contribution in [3.8, 4) is 44.8 Å². The molecule has 53 heavy (non-hydrogen) atoms. The van der Waals surface area contributed by atoms with Crippen LogP contribution in [0.15, 0.2) is 182 Å². The molecule has 0 saturated carbocycles. The Morgan fingerprint density at radius 3 is 1.30 bits per heavy atom. The van der Waals surface area contributed by atoms with Gasteiger partial charge in [0.05, 0.1) is 27.8 Å². The van der Waals surface area contributed by atoms with E-state index in [1.165, 1.54) is 55.3 Å². The zero-order valence-corrected chi connectivity index (χ0v) is 28.7. The molecule has 0 fully saturated rings. The van der Waals surface area contributed by atoms with Crippen LogP contribution in [0.3, 0.4) is 0 Å². The van der Waals surface area contributed by atoms with Crippen LogP contribution in [0.4, 0.5) is 0 Å². The van der Waals surface area contributed by atoms with E-state index in [2.05, 4.69) is 182 Å². The van der Waals surface area contributed by atoms with E-state index in [0.29, 0.717) is 0 Å². The number of aromatic nitrogens is 2. The fourth-order valence-corrected chi connectivity index (χ4v) is 9.67. The van der Waals surface area contributed by atoms with Crippen molar-refractivity contribution in [3.63, 3.8) is 0 Å². The number of pyridine rings is 2. The van der Waals surface area contributed by atoms with Crippen molar-refractivity contribution < 1.29 is 0 Å². The lowest BCUT2D eigenvalue weighted by Crippen LogP contribution is -2.27. The molecule has 0 N–H and O–H groups in total. The minimum absolute atomic E-state index is 0.538. The molecule has 0 bridgehead atoms. The third kappa shape index (κ3) is 3.77. The lowest BCUT2D eigenvalue weighted by molar-refractivity contribution is 0.795. The average Bonchev–Trinajstić information content (AvgIpc) is 3.70. The van der Waals surface area contributed by atoms with E-state index >= 15 is 0 Å². The molecule has 0 amide bonds. The van der Waals surface area contributed by atoms with Gasteiger partial charge in [-0.15, -0.1) is 0 Å². The maximum atomic E-state index is 5.65. The van der Waals surface area contributed by atoms with Crippen molar-refractivity contribution in [2.24, 2.45) is 0 Å². The summed E-state index contributed by atoms with van der Waals surface area (Å²) in [7, 11) is 0. The summed E-state index contributed by atoms with van der Waals surface area (Å²) in [6.45, 7) is 0. The largest absolute Gasteiger partial charge is 0.247 e. The van der Waals surface area contributed by atoms with Gasteiger partial charge >= 0.3 is 0 Å². The van der Waals surface area contributed by atoms with Crippen LogP contribution in [-0.2, 0) is 5.41 Å². The highest BCUT2D eigenvalue weighted by atomic mass is 14.7. The van der Waals surface area contributed by atoms with E-state index in [4.69, 9.17) is 9.97 Å². The van der Waals surface area contributed by atoms with Crippen molar-refractivity contribution in [1.29, 1.82) is 0 Å². The molecule has 0 radical (unpaired) electrons. The zero-order chi connectivity index (χ0) is 34.7.